The van der Waals surface area contributed by atoms with Gasteiger partial charge in [0.05, 0.1) is 5.56 Å². The second kappa shape index (κ2) is 11.4. The molecule has 38 heavy (non-hydrogen) atoms. The van der Waals surface area contributed by atoms with Crippen molar-refractivity contribution >= 4 is 0 Å². The number of benzene rings is 3. The molecule has 0 spiro atoms. The first-order chi connectivity index (χ1) is 17.7. The zero-order valence-corrected chi connectivity index (χ0v) is 19.6. The van der Waals surface area contributed by atoms with Crippen LogP contribution >= 0.6 is 0 Å². The van der Waals surface area contributed by atoms with Crippen LogP contribution in [-0.4, -0.2) is 0 Å². The normalized spacial score (nSPS) is 11.8. The molecule has 3 aromatic rings. The maximum Gasteiger partial charge on any atom is 0.432 e. The Morgan fingerprint density at radius 3 is 1.79 bits per heavy atom. The number of alkyl halides is 5. The first kappa shape index (κ1) is 28.9. The van der Waals surface area contributed by atoms with Gasteiger partial charge in [0.2, 0.25) is 0 Å². The number of ether oxygens (including phenoxy) is 1. The van der Waals surface area contributed by atoms with Crippen molar-refractivity contribution in [2.45, 2.75) is 44.9 Å². The van der Waals surface area contributed by atoms with Crippen LogP contribution in [0.3, 0.4) is 0 Å². The van der Waals surface area contributed by atoms with E-state index in [9.17, 15) is 43.9 Å². The summed E-state index contributed by atoms with van der Waals surface area (Å²) in [5.74, 6) is -5.81. The Morgan fingerprint density at radius 1 is 0.684 bits per heavy atom. The summed E-state index contributed by atoms with van der Waals surface area (Å²) in [6.07, 6.45) is -6.88. The molecular formula is C27H18F10O. The fourth-order valence-corrected chi connectivity index (χ4v) is 3.54. The van der Waals surface area contributed by atoms with Crippen LogP contribution in [0.5, 0.6) is 5.75 Å². The third-order valence-corrected chi connectivity index (χ3v) is 5.32. The molecule has 3 aromatic carbocycles. The van der Waals surface area contributed by atoms with E-state index in [1.807, 2.05) is 6.92 Å². The maximum absolute atomic E-state index is 14.5. The summed E-state index contributed by atoms with van der Waals surface area (Å²) in [5, 5.41) is 0. The lowest BCUT2D eigenvalue weighted by Crippen LogP contribution is -2.25. The van der Waals surface area contributed by atoms with Gasteiger partial charge < -0.3 is 4.74 Å². The molecule has 0 unspecified atom stereocenters. The zero-order valence-electron chi connectivity index (χ0n) is 19.6. The quantitative estimate of drug-likeness (QED) is 0.163. The number of rotatable bonds is 7. The first-order valence-corrected chi connectivity index (χ1v) is 11.2. The van der Waals surface area contributed by atoms with E-state index in [4.69, 9.17) is 0 Å². The van der Waals surface area contributed by atoms with Gasteiger partial charge in [0.1, 0.15) is 46.0 Å². The largest absolute Gasteiger partial charge is 0.432 e. The van der Waals surface area contributed by atoms with Gasteiger partial charge in [0.15, 0.2) is 0 Å². The fourth-order valence-electron chi connectivity index (χ4n) is 3.54. The summed E-state index contributed by atoms with van der Waals surface area (Å²) >= 11 is 0. The smallest absolute Gasteiger partial charge is 0.429 e. The molecule has 0 aliphatic rings. The topological polar surface area (TPSA) is 9.23 Å². The molecule has 0 fully saturated rings. The van der Waals surface area contributed by atoms with Crippen molar-refractivity contribution in [3.8, 4) is 17.6 Å². The van der Waals surface area contributed by atoms with Crippen LogP contribution in [0.1, 0.15) is 54.0 Å². The van der Waals surface area contributed by atoms with Crippen LogP contribution < -0.4 is 4.74 Å². The van der Waals surface area contributed by atoms with Crippen molar-refractivity contribution in [2.75, 3.05) is 0 Å². The molecule has 0 atom stereocenters. The van der Waals surface area contributed by atoms with Gasteiger partial charge in [0, 0.05) is 17.7 Å². The summed E-state index contributed by atoms with van der Waals surface area (Å²) in [6.45, 7) is 2.02. The lowest BCUT2D eigenvalue weighted by molar-refractivity contribution is -0.189. The lowest BCUT2D eigenvalue weighted by Gasteiger charge is -2.20. The predicted molar refractivity (Wildman–Crippen MR) is 118 cm³/mol. The van der Waals surface area contributed by atoms with Gasteiger partial charge in [-0.15, -0.1) is 0 Å². The highest BCUT2D eigenvalue weighted by atomic mass is 19.4. The molecule has 0 radical (unpaired) electrons. The lowest BCUT2D eigenvalue weighted by atomic mass is 10.0. The Hall–Kier alpha value is -3.68. The van der Waals surface area contributed by atoms with Gasteiger partial charge in [-0.3, -0.25) is 0 Å². The molecule has 0 saturated heterocycles. The molecule has 0 aromatic heterocycles. The second-order valence-corrected chi connectivity index (χ2v) is 8.21. The van der Waals surface area contributed by atoms with Crippen molar-refractivity contribution in [1.29, 1.82) is 0 Å². The third-order valence-electron chi connectivity index (χ3n) is 5.32. The van der Waals surface area contributed by atoms with Crippen molar-refractivity contribution in [3.05, 3.63) is 99.4 Å². The minimum atomic E-state index is -5.47. The van der Waals surface area contributed by atoms with Crippen LogP contribution in [0.4, 0.5) is 43.9 Å². The van der Waals surface area contributed by atoms with Crippen molar-refractivity contribution in [1.82, 2.24) is 0 Å². The van der Waals surface area contributed by atoms with E-state index in [2.05, 4.69) is 16.6 Å². The van der Waals surface area contributed by atoms with Crippen LogP contribution in [0.25, 0.3) is 0 Å². The van der Waals surface area contributed by atoms with Crippen LogP contribution in [0.15, 0.2) is 42.5 Å². The van der Waals surface area contributed by atoms with Crippen molar-refractivity contribution in [2.24, 2.45) is 0 Å². The van der Waals surface area contributed by atoms with Gasteiger partial charge >= 0.3 is 12.3 Å². The van der Waals surface area contributed by atoms with Gasteiger partial charge in [-0.2, -0.15) is 22.0 Å². The fraction of sp³-hybridized carbons (Fsp3) is 0.259. The molecule has 0 aliphatic carbocycles. The van der Waals surface area contributed by atoms with Gasteiger partial charge in [-0.05, 0) is 42.7 Å². The van der Waals surface area contributed by atoms with E-state index in [1.54, 1.807) is 6.07 Å². The predicted octanol–water partition coefficient (Wildman–Crippen LogP) is 8.66. The maximum atomic E-state index is 14.5. The molecule has 11 heteroatoms. The first-order valence-electron chi connectivity index (χ1n) is 11.2. The van der Waals surface area contributed by atoms with E-state index in [1.165, 1.54) is 12.1 Å². The van der Waals surface area contributed by atoms with Gasteiger partial charge in [0.25, 0.3) is 0 Å². The Balaban J connectivity index is 1.85. The average Bonchev–Trinajstić information content (AvgIpc) is 2.76. The molecule has 202 valence electrons. The molecule has 0 heterocycles. The van der Waals surface area contributed by atoms with Crippen LogP contribution in [0, 0.1) is 40.9 Å². The monoisotopic (exact) mass is 548 g/mol. The van der Waals surface area contributed by atoms with E-state index in [0.717, 1.165) is 24.8 Å². The summed E-state index contributed by atoms with van der Waals surface area (Å²) in [4.78, 5) is 0. The standard InChI is InChI=1S/C27H18F10O/c1-2-3-4-5-15-6-8-17(19(28)10-15)9-7-16-11-20(29)25(21(30)12-16)27(36,37)38-18-13-22(31)24(23(32)14-18)26(33,34)35/h6,8,10-14H,2-5H2,1H3. The van der Waals surface area contributed by atoms with Crippen molar-refractivity contribution in [3.63, 3.8) is 0 Å². The number of hydrogen-bond donors (Lipinski definition) is 0. The molecule has 0 bridgehead atoms. The molecule has 0 amide bonds. The highest BCUT2D eigenvalue weighted by Crippen LogP contribution is 2.39. The minimum absolute atomic E-state index is 0.103. The Morgan fingerprint density at radius 2 is 1.26 bits per heavy atom. The van der Waals surface area contributed by atoms with Crippen LogP contribution in [-0.2, 0) is 18.7 Å². The van der Waals surface area contributed by atoms with Gasteiger partial charge in [-0.25, -0.2) is 22.0 Å². The Bertz CT molecular complexity index is 1340. The highest BCUT2D eigenvalue weighted by molar-refractivity contribution is 5.46. The molecule has 3 rings (SSSR count). The molecular weight excluding hydrogens is 530 g/mol. The number of hydrogen-bond acceptors (Lipinski definition) is 1. The number of aryl methyl sites for hydroxylation is 1. The highest BCUT2D eigenvalue weighted by Gasteiger charge is 2.43. The van der Waals surface area contributed by atoms with E-state index >= 15 is 0 Å². The minimum Gasteiger partial charge on any atom is -0.429 e. The third kappa shape index (κ3) is 6.79. The van der Waals surface area contributed by atoms with Crippen LogP contribution in [0.2, 0.25) is 0 Å². The average molecular weight is 548 g/mol. The summed E-state index contributed by atoms with van der Waals surface area (Å²) in [6, 6.07) is 4.68. The molecule has 1 nitrogen and oxygen atoms in total. The Kier molecular flexibility index (Phi) is 8.65. The second-order valence-electron chi connectivity index (χ2n) is 8.21. The SMILES string of the molecule is CCCCCc1ccc(C#Cc2cc(F)c(C(F)(F)Oc3cc(F)c(C(F)(F)F)c(F)c3)c(F)c2)c(F)c1. The van der Waals surface area contributed by atoms with E-state index in [-0.39, 0.29) is 17.7 Å². The van der Waals surface area contributed by atoms with Crippen molar-refractivity contribution < 1.29 is 48.6 Å². The number of halogens is 10. The molecule has 0 aliphatic heterocycles. The Labute approximate surface area is 211 Å². The summed E-state index contributed by atoms with van der Waals surface area (Å²) < 4.78 is 141. The van der Waals surface area contributed by atoms with E-state index in [0.29, 0.717) is 18.6 Å². The van der Waals surface area contributed by atoms with E-state index < -0.39 is 63.8 Å². The molecule has 0 N–H and O–H groups in total. The summed E-state index contributed by atoms with van der Waals surface area (Å²) in [5.41, 5.74) is -4.15. The zero-order chi connectivity index (χ0) is 28.3. The molecule has 0 saturated carbocycles. The van der Waals surface area contributed by atoms with Gasteiger partial charge in [-0.1, -0.05) is 37.7 Å². The number of unbranched alkanes of at least 4 members (excludes halogenated alkanes) is 2. The summed E-state index contributed by atoms with van der Waals surface area (Å²) in [7, 11) is 0.